The number of nitrogens with one attached hydrogen (secondary N) is 1. The van der Waals surface area contributed by atoms with Crippen LogP contribution in [0.25, 0.3) is 0 Å². The first-order valence-corrected chi connectivity index (χ1v) is 7.04. The van der Waals surface area contributed by atoms with Gasteiger partial charge in [-0.3, -0.25) is 9.48 Å². The van der Waals surface area contributed by atoms with Gasteiger partial charge in [-0.15, -0.1) is 0 Å². The number of anilines is 1. The number of rotatable bonds is 3. The number of aryl methyl sites for hydroxylation is 1. The van der Waals surface area contributed by atoms with Gasteiger partial charge in [0.05, 0.1) is 16.3 Å². The maximum Gasteiger partial charge on any atom is 0.435 e. The predicted molar refractivity (Wildman–Crippen MR) is 77.0 cm³/mol. The van der Waals surface area contributed by atoms with Gasteiger partial charge in [0.1, 0.15) is 6.54 Å². The van der Waals surface area contributed by atoms with Gasteiger partial charge in [-0.05, 0) is 31.2 Å². The summed E-state index contributed by atoms with van der Waals surface area (Å²) in [4.78, 5) is 11.9. The highest BCUT2D eigenvalue weighted by atomic mass is 35.5. The van der Waals surface area contributed by atoms with Gasteiger partial charge in [-0.2, -0.15) is 31.4 Å². The molecule has 0 saturated heterocycles. The van der Waals surface area contributed by atoms with Crippen LogP contribution in [0.4, 0.5) is 32.0 Å². The number of halogens is 7. The van der Waals surface area contributed by atoms with Gasteiger partial charge < -0.3 is 5.32 Å². The van der Waals surface area contributed by atoms with E-state index < -0.39 is 36.1 Å². The Hall–Kier alpha value is -2.23. The molecule has 4 nitrogen and oxygen atoms in total. The average Bonchev–Trinajstić information content (AvgIpc) is 2.81. The summed E-state index contributed by atoms with van der Waals surface area (Å²) in [5.74, 6) is -0.874. The molecule has 1 aromatic heterocycles. The zero-order valence-corrected chi connectivity index (χ0v) is 13.2. The van der Waals surface area contributed by atoms with Gasteiger partial charge in [0.15, 0.2) is 5.69 Å². The van der Waals surface area contributed by atoms with Crippen molar-refractivity contribution in [3.8, 4) is 0 Å². The maximum absolute atomic E-state index is 12.7. The molecule has 136 valence electrons. The van der Waals surface area contributed by atoms with Crippen LogP contribution in [0, 0.1) is 6.92 Å². The number of hydrogen-bond acceptors (Lipinski definition) is 2. The van der Waals surface area contributed by atoms with E-state index in [1.165, 1.54) is 6.92 Å². The number of carbonyl (C=O) groups is 1. The van der Waals surface area contributed by atoms with Gasteiger partial charge in [0.25, 0.3) is 0 Å². The van der Waals surface area contributed by atoms with Crippen molar-refractivity contribution in [2.75, 3.05) is 5.32 Å². The maximum atomic E-state index is 12.7. The van der Waals surface area contributed by atoms with E-state index in [0.29, 0.717) is 6.07 Å². The van der Waals surface area contributed by atoms with Crippen LogP contribution in [-0.2, 0) is 23.7 Å². The van der Waals surface area contributed by atoms with Crippen LogP contribution in [0.15, 0.2) is 24.3 Å². The Labute approximate surface area is 142 Å². The zero-order valence-electron chi connectivity index (χ0n) is 12.5. The van der Waals surface area contributed by atoms with Crippen molar-refractivity contribution < 1.29 is 31.1 Å². The lowest BCUT2D eigenvalue weighted by Crippen LogP contribution is -2.21. The highest BCUT2D eigenvalue weighted by Crippen LogP contribution is 2.34. The number of amides is 1. The number of nitrogens with zero attached hydrogens (tertiary/aromatic N) is 2. The van der Waals surface area contributed by atoms with Gasteiger partial charge in [0.2, 0.25) is 5.91 Å². The molecule has 0 unspecified atom stereocenters. The summed E-state index contributed by atoms with van der Waals surface area (Å²) in [5.41, 5.74) is -2.43. The van der Waals surface area contributed by atoms with Crippen molar-refractivity contribution in [2.45, 2.75) is 25.8 Å². The summed E-state index contributed by atoms with van der Waals surface area (Å²) in [6.07, 6.45) is -9.30. The van der Waals surface area contributed by atoms with Gasteiger partial charge in [-0.1, -0.05) is 11.6 Å². The van der Waals surface area contributed by atoms with Crippen molar-refractivity contribution in [3.63, 3.8) is 0 Å². The summed E-state index contributed by atoms with van der Waals surface area (Å²) >= 11 is 5.74. The Morgan fingerprint density at radius 1 is 1.16 bits per heavy atom. The lowest BCUT2D eigenvalue weighted by atomic mass is 10.2. The van der Waals surface area contributed by atoms with E-state index in [0.717, 1.165) is 22.9 Å². The van der Waals surface area contributed by atoms with Crippen LogP contribution >= 0.6 is 11.6 Å². The van der Waals surface area contributed by atoms with Crippen LogP contribution < -0.4 is 5.32 Å². The third kappa shape index (κ3) is 4.65. The fraction of sp³-hybridized carbons (Fsp3) is 0.286. The SMILES string of the molecule is Cc1cc(C(F)(F)F)nn1CC(=O)Nc1cc(C(F)(F)F)ccc1Cl. The minimum atomic E-state index is -4.67. The number of benzene rings is 1. The molecule has 2 rings (SSSR count). The molecule has 1 amide bonds. The quantitative estimate of drug-likeness (QED) is 0.790. The van der Waals surface area contributed by atoms with E-state index in [-0.39, 0.29) is 16.4 Å². The summed E-state index contributed by atoms with van der Waals surface area (Å²) in [5, 5.41) is 5.25. The highest BCUT2D eigenvalue weighted by molar-refractivity contribution is 6.33. The van der Waals surface area contributed by atoms with Crippen molar-refractivity contribution in [1.82, 2.24) is 9.78 Å². The molecule has 1 heterocycles. The molecular formula is C14H10ClF6N3O. The van der Waals surface area contributed by atoms with Crippen LogP contribution in [-0.4, -0.2) is 15.7 Å². The Balaban J connectivity index is 2.17. The van der Waals surface area contributed by atoms with Gasteiger partial charge in [-0.25, -0.2) is 0 Å². The first kappa shape index (κ1) is 19.1. The van der Waals surface area contributed by atoms with E-state index >= 15 is 0 Å². The third-order valence-electron chi connectivity index (χ3n) is 3.13. The lowest BCUT2D eigenvalue weighted by molar-refractivity contribution is -0.141. The fourth-order valence-corrected chi connectivity index (χ4v) is 2.10. The molecule has 0 atom stereocenters. The van der Waals surface area contributed by atoms with Gasteiger partial charge in [0, 0.05) is 5.69 Å². The second-order valence-electron chi connectivity index (χ2n) is 5.07. The van der Waals surface area contributed by atoms with E-state index in [9.17, 15) is 31.1 Å². The number of alkyl halides is 6. The highest BCUT2D eigenvalue weighted by Gasteiger charge is 2.34. The first-order chi connectivity index (χ1) is 11.4. The molecule has 0 spiro atoms. The second-order valence-corrected chi connectivity index (χ2v) is 5.47. The first-order valence-electron chi connectivity index (χ1n) is 6.66. The number of hydrogen-bond donors (Lipinski definition) is 1. The fourth-order valence-electron chi connectivity index (χ4n) is 1.93. The second kappa shape index (κ2) is 6.58. The molecule has 0 aliphatic rings. The van der Waals surface area contributed by atoms with Crippen LogP contribution in [0.3, 0.4) is 0 Å². The summed E-state index contributed by atoms with van der Waals surface area (Å²) < 4.78 is 76.5. The lowest BCUT2D eigenvalue weighted by Gasteiger charge is -2.12. The van der Waals surface area contributed by atoms with Crippen LogP contribution in [0.5, 0.6) is 0 Å². The molecule has 0 aliphatic heterocycles. The van der Waals surface area contributed by atoms with E-state index in [1.54, 1.807) is 0 Å². The van der Waals surface area contributed by atoms with Crippen LogP contribution in [0.1, 0.15) is 17.0 Å². The molecule has 0 fully saturated rings. The monoisotopic (exact) mass is 385 g/mol. The molecular weight excluding hydrogens is 376 g/mol. The minimum Gasteiger partial charge on any atom is -0.323 e. The van der Waals surface area contributed by atoms with E-state index in [4.69, 9.17) is 11.6 Å². The van der Waals surface area contributed by atoms with Crippen molar-refractivity contribution >= 4 is 23.2 Å². The topological polar surface area (TPSA) is 46.9 Å². The third-order valence-corrected chi connectivity index (χ3v) is 3.46. The standard InChI is InChI=1S/C14H10ClF6N3O/c1-7-4-11(14(19,20)21)23-24(7)6-12(25)22-10-5-8(13(16,17)18)2-3-9(10)15/h2-5H,6H2,1H3,(H,22,25). The van der Waals surface area contributed by atoms with Gasteiger partial charge >= 0.3 is 12.4 Å². The molecule has 1 aromatic carbocycles. The summed E-state index contributed by atoms with van der Waals surface area (Å²) in [6.45, 7) is 0.696. The Morgan fingerprint density at radius 3 is 2.32 bits per heavy atom. The molecule has 2 aromatic rings. The molecule has 11 heteroatoms. The number of aromatic nitrogens is 2. The van der Waals surface area contributed by atoms with Crippen LogP contribution in [0.2, 0.25) is 5.02 Å². The average molecular weight is 386 g/mol. The normalized spacial score (nSPS) is 12.3. The Bertz CT molecular complexity index is 797. The summed E-state index contributed by atoms with van der Waals surface area (Å²) in [6, 6.07) is 3.09. The van der Waals surface area contributed by atoms with E-state index in [1.807, 2.05) is 0 Å². The zero-order chi connectivity index (χ0) is 19.0. The molecule has 0 radical (unpaired) electrons. The smallest absolute Gasteiger partial charge is 0.323 e. The summed E-state index contributed by atoms with van der Waals surface area (Å²) in [7, 11) is 0. The van der Waals surface area contributed by atoms with E-state index in [2.05, 4.69) is 10.4 Å². The largest absolute Gasteiger partial charge is 0.435 e. The Kier molecular flexibility index (Phi) is 5.03. The Morgan fingerprint density at radius 2 is 1.80 bits per heavy atom. The predicted octanol–water partition coefficient (Wildman–Crippen LogP) is 4.52. The van der Waals surface area contributed by atoms with Crippen molar-refractivity contribution in [3.05, 3.63) is 46.2 Å². The van der Waals surface area contributed by atoms with Crippen molar-refractivity contribution in [2.24, 2.45) is 0 Å². The number of carbonyl (C=O) groups excluding carboxylic acids is 1. The molecule has 0 aliphatic carbocycles. The van der Waals surface area contributed by atoms with Crippen molar-refractivity contribution in [1.29, 1.82) is 0 Å². The molecule has 0 saturated carbocycles. The molecule has 25 heavy (non-hydrogen) atoms. The minimum absolute atomic E-state index is 0.0672. The molecule has 0 bridgehead atoms. The molecule has 1 N–H and O–H groups in total.